The predicted molar refractivity (Wildman–Crippen MR) is 99.6 cm³/mol. The number of primary amides is 1. The summed E-state index contributed by atoms with van der Waals surface area (Å²) >= 11 is 0. The molecule has 1 aromatic heterocycles. The van der Waals surface area contributed by atoms with Crippen LogP contribution in [-0.2, 0) is 16.1 Å². The minimum Gasteiger partial charge on any atom is -0.368 e. The third-order valence-corrected chi connectivity index (χ3v) is 4.28. The van der Waals surface area contributed by atoms with E-state index in [0.29, 0.717) is 13.0 Å². The molecule has 1 aromatic carbocycles. The van der Waals surface area contributed by atoms with Gasteiger partial charge < -0.3 is 15.8 Å². The zero-order valence-electron chi connectivity index (χ0n) is 15.5. The minimum atomic E-state index is -0.748. The Labute approximate surface area is 152 Å². The topological polar surface area (TPSA) is 107 Å². The van der Waals surface area contributed by atoms with Crippen LogP contribution in [0.15, 0.2) is 24.3 Å². The lowest BCUT2D eigenvalue weighted by Crippen LogP contribution is -2.47. The summed E-state index contributed by atoms with van der Waals surface area (Å²) in [7, 11) is 0. The largest absolute Gasteiger partial charge is 0.368 e. The van der Waals surface area contributed by atoms with Crippen molar-refractivity contribution >= 4 is 28.5 Å². The second-order valence-corrected chi connectivity index (χ2v) is 6.85. The molecule has 0 aliphatic carbocycles. The van der Waals surface area contributed by atoms with Crippen LogP contribution in [0, 0.1) is 5.92 Å². The number of hydrogen-bond acceptors (Lipinski definition) is 4. The molecule has 7 nitrogen and oxygen atoms in total. The monoisotopic (exact) mass is 358 g/mol. The Morgan fingerprint density at radius 2 is 1.88 bits per heavy atom. The van der Waals surface area contributed by atoms with Gasteiger partial charge in [0.25, 0.3) is 5.91 Å². The molecule has 2 rings (SSSR count). The van der Waals surface area contributed by atoms with Crippen molar-refractivity contribution < 1.29 is 14.4 Å². The number of nitrogens with zero attached hydrogens (tertiary/aromatic N) is 2. The van der Waals surface area contributed by atoms with E-state index >= 15 is 0 Å². The Bertz CT molecular complexity index is 810. The predicted octanol–water partition coefficient (Wildman–Crippen LogP) is 2.04. The zero-order valence-corrected chi connectivity index (χ0v) is 15.5. The molecule has 0 fully saturated rings. The molecule has 0 radical (unpaired) electrons. The van der Waals surface area contributed by atoms with Crippen LogP contribution in [-0.4, -0.2) is 33.4 Å². The minimum absolute atomic E-state index is 0.114. The SMILES string of the molecule is CC(=O)CCCCn1nc(C(=O)NC(C(N)=O)C(C)C)c2ccccc21. The molecule has 1 unspecified atom stereocenters. The van der Waals surface area contributed by atoms with Crippen LogP contribution >= 0.6 is 0 Å². The average Bonchev–Trinajstić information content (AvgIpc) is 2.94. The number of aryl methyl sites for hydroxylation is 1. The average molecular weight is 358 g/mol. The molecule has 26 heavy (non-hydrogen) atoms. The van der Waals surface area contributed by atoms with E-state index in [2.05, 4.69) is 10.4 Å². The summed E-state index contributed by atoms with van der Waals surface area (Å²) < 4.78 is 1.78. The lowest BCUT2D eigenvalue weighted by molar-refractivity contribution is -0.120. The van der Waals surface area contributed by atoms with E-state index < -0.39 is 17.9 Å². The molecule has 7 heteroatoms. The number of unbranched alkanes of at least 4 members (excludes halogenated alkanes) is 1. The molecular weight excluding hydrogens is 332 g/mol. The lowest BCUT2D eigenvalue weighted by atomic mass is 10.0. The fourth-order valence-corrected chi connectivity index (χ4v) is 2.88. The van der Waals surface area contributed by atoms with E-state index in [9.17, 15) is 14.4 Å². The Morgan fingerprint density at radius 3 is 2.50 bits per heavy atom. The van der Waals surface area contributed by atoms with Gasteiger partial charge in [0.1, 0.15) is 11.8 Å². The number of carbonyl (C=O) groups is 3. The van der Waals surface area contributed by atoms with Crippen LogP contribution in [0.2, 0.25) is 0 Å². The fraction of sp³-hybridized carbons (Fsp3) is 0.474. The van der Waals surface area contributed by atoms with Gasteiger partial charge in [0, 0.05) is 18.4 Å². The standard InChI is InChI=1S/C19H26N4O3/c1-12(2)16(18(20)25)21-19(26)17-14-9-4-5-10-15(14)23(22-17)11-7-6-8-13(3)24/h4-5,9-10,12,16H,6-8,11H2,1-3H3,(H2,20,25)(H,21,26). The van der Waals surface area contributed by atoms with E-state index in [1.165, 1.54) is 0 Å². The highest BCUT2D eigenvalue weighted by Gasteiger charge is 2.25. The summed E-state index contributed by atoms with van der Waals surface area (Å²) in [5.74, 6) is -0.930. The first-order valence-corrected chi connectivity index (χ1v) is 8.86. The first-order valence-electron chi connectivity index (χ1n) is 8.86. The van der Waals surface area contributed by atoms with Crippen LogP contribution in [0.3, 0.4) is 0 Å². The quantitative estimate of drug-likeness (QED) is 0.669. The fourth-order valence-electron chi connectivity index (χ4n) is 2.88. The van der Waals surface area contributed by atoms with Crippen molar-refractivity contribution in [3.8, 4) is 0 Å². The van der Waals surface area contributed by atoms with Crippen LogP contribution in [0.1, 0.15) is 50.5 Å². The van der Waals surface area contributed by atoms with Crippen molar-refractivity contribution in [3.05, 3.63) is 30.0 Å². The maximum absolute atomic E-state index is 12.7. The zero-order chi connectivity index (χ0) is 19.3. The summed E-state index contributed by atoms with van der Waals surface area (Å²) in [4.78, 5) is 35.3. The Hall–Kier alpha value is -2.70. The van der Waals surface area contributed by atoms with Gasteiger partial charge in [-0.05, 0) is 31.7 Å². The lowest BCUT2D eigenvalue weighted by Gasteiger charge is -2.18. The number of hydrogen-bond donors (Lipinski definition) is 2. The number of nitrogens with two attached hydrogens (primary N) is 1. The van der Waals surface area contributed by atoms with Crippen molar-refractivity contribution in [1.82, 2.24) is 15.1 Å². The van der Waals surface area contributed by atoms with Gasteiger partial charge in [-0.25, -0.2) is 0 Å². The number of Topliss-reactive ketones (excluding diaryl/α,β-unsaturated/α-hetero) is 1. The molecule has 1 atom stereocenters. The van der Waals surface area contributed by atoms with Crippen molar-refractivity contribution in [2.75, 3.05) is 0 Å². The van der Waals surface area contributed by atoms with E-state index in [1.807, 2.05) is 38.1 Å². The number of rotatable bonds is 9. The number of para-hydroxylation sites is 1. The van der Waals surface area contributed by atoms with Crippen molar-refractivity contribution in [1.29, 1.82) is 0 Å². The van der Waals surface area contributed by atoms with Gasteiger partial charge in [-0.1, -0.05) is 32.0 Å². The van der Waals surface area contributed by atoms with Crippen LogP contribution in [0.4, 0.5) is 0 Å². The van der Waals surface area contributed by atoms with Gasteiger partial charge in [0.05, 0.1) is 5.52 Å². The molecule has 140 valence electrons. The van der Waals surface area contributed by atoms with Gasteiger partial charge in [0.2, 0.25) is 5.91 Å². The highest BCUT2D eigenvalue weighted by atomic mass is 16.2. The highest BCUT2D eigenvalue weighted by molar-refractivity contribution is 6.06. The molecule has 0 aliphatic heterocycles. The Morgan fingerprint density at radius 1 is 1.19 bits per heavy atom. The molecule has 0 spiro atoms. The molecule has 0 bridgehead atoms. The van der Waals surface area contributed by atoms with Gasteiger partial charge in [-0.15, -0.1) is 0 Å². The molecule has 0 saturated heterocycles. The number of aromatic nitrogens is 2. The second-order valence-electron chi connectivity index (χ2n) is 6.85. The first kappa shape index (κ1) is 19.6. The van der Waals surface area contributed by atoms with Crippen molar-refractivity contribution in [2.24, 2.45) is 11.7 Å². The van der Waals surface area contributed by atoms with Gasteiger partial charge in [-0.2, -0.15) is 5.10 Å². The molecule has 0 aliphatic rings. The Kier molecular flexibility index (Phi) is 6.49. The number of carbonyl (C=O) groups excluding carboxylic acids is 3. The highest BCUT2D eigenvalue weighted by Crippen LogP contribution is 2.19. The second kappa shape index (κ2) is 8.60. The van der Waals surface area contributed by atoms with Gasteiger partial charge in [0.15, 0.2) is 5.69 Å². The molecule has 0 saturated carbocycles. The number of fused-ring (bicyclic) bond motifs is 1. The number of amides is 2. The van der Waals surface area contributed by atoms with Crippen LogP contribution in [0.5, 0.6) is 0 Å². The molecular formula is C19H26N4O3. The number of benzene rings is 1. The Balaban J connectivity index is 2.23. The van der Waals surface area contributed by atoms with E-state index in [1.54, 1.807) is 11.6 Å². The summed E-state index contributed by atoms with van der Waals surface area (Å²) in [5.41, 5.74) is 6.51. The maximum Gasteiger partial charge on any atom is 0.273 e. The normalized spacial score (nSPS) is 12.3. The van der Waals surface area contributed by atoms with Crippen molar-refractivity contribution in [3.63, 3.8) is 0 Å². The summed E-state index contributed by atoms with van der Waals surface area (Å²) in [6.45, 7) is 5.84. The van der Waals surface area contributed by atoms with E-state index in [-0.39, 0.29) is 17.4 Å². The molecule has 3 N–H and O–H groups in total. The van der Waals surface area contributed by atoms with Crippen LogP contribution < -0.4 is 11.1 Å². The summed E-state index contributed by atoms with van der Waals surface area (Å²) in [5, 5.41) is 7.86. The third-order valence-electron chi connectivity index (χ3n) is 4.28. The smallest absolute Gasteiger partial charge is 0.273 e. The van der Waals surface area contributed by atoms with Gasteiger partial charge >= 0.3 is 0 Å². The third kappa shape index (κ3) is 4.68. The van der Waals surface area contributed by atoms with E-state index in [4.69, 9.17) is 5.73 Å². The molecule has 2 aromatic rings. The first-order chi connectivity index (χ1) is 12.3. The summed E-state index contributed by atoms with van der Waals surface area (Å²) in [6, 6.07) is 6.71. The van der Waals surface area contributed by atoms with Crippen molar-refractivity contribution in [2.45, 2.75) is 52.6 Å². The molecule has 1 heterocycles. The maximum atomic E-state index is 12.7. The number of nitrogens with one attached hydrogen (secondary N) is 1. The summed E-state index contributed by atoms with van der Waals surface area (Å²) in [6.07, 6.45) is 2.12. The van der Waals surface area contributed by atoms with E-state index in [0.717, 1.165) is 23.7 Å². The van der Waals surface area contributed by atoms with Crippen LogP contribution in [0.25, 0.3) is 10.9 Å². The van der Waals surface area contributed by atoms with Gasteiger partial charge in [-0.3, -0.25) is 14.3 Å². The number of ketones is 1. The molecule has 2 amide bonds.